The summed E-state index contributed by atoms with van der Waals surface area (Å²) in [5.41, 5.74) is 0. The molecular formula is C57H96O15. The molecule has 0 aromatic carbocycles. The van der Waals surface area contributed by atoms with E-state index in [1.54, 1.807) is 0 Å². The number of hydrogen-bond acceptors (Lipinski definition) is 15. The first-order chi connectivity index (χ1) is 35.0. The first kappa shape index (κ1) is 65.1. The van der Waals surface area contributed by atoms with Crippen molar-refractivity contribution in [1.29, 1.82) is 0 Å². The zero-order valence-electron chi connectivity index (χ0n) is 43.9. The Kier molecular flexibility index (Phi) is 39.0. The third kappa shape index (κ3) is 30.3. The van der Waals surface area contributed by atoms with Crippen molar-refractivity contribution in [3.8, 4) is 0 Å². The Morgan fingerprint density at radius 3 is 1.40 bits per heavy atom. The van der Waals surface area contributed by atoms with Gasteiger partial charge in [0.2, 0.25) is 0 Å². The van der Waals surface area contributed by atoms with Crippen LogP contribution in [0, 0.1) is 0 Å². The van der Waals surface area contributed by atoms with Gasteiger partial charge in [0.05, 0.1) is 19.8 Å². The molecule has 0 saturated carbocycles. The quantitative estimate of drug-likeness (QED) is 0.0172. The standard InChI is InChI=1S/C57H96O15/c1-3-5-7-9-11-13-15-17-19-21-22-24-25-27-29-31-33-35-37-39-48(59)67-42-45(70-49(60)40-38-36-34-32-30-28-26-23-20-18-16-14-12-10-8-6-4-2)43-68-56-55(66)53(64)51(62)47(72-56)44-69-57-54(65)52(63)50(61)46(41-58)71-57/h5,7,11,13,17-20,22,24,27,29,45-47,50-58,61-66H,3-4,6,8-10,12,14-16,21,23,25-26,28,30-44H2,1-2H3/b7-5+,13-11+,19-17+,20-18+,24-22+,29-27+/t45-,46+,47+,50-,51-,52?,53?,54?,55?,56+,57+/m0/s1. The minimum absolute atomic E-state index is 0.149. The second-order valence-electron chi connectivity index (χ2n) is 19.0. The van der Waals surface area contributed by atoms with Gasteiger partial charge in [-0.25, -0.2) is 0 Å². The molecule has 0 spiro atoms. The maximum Gasteiger partial charge on any atom is 0.306 e. The second-order valence-corrected chi connectivity index (χ2v) is 19.0. The highest BCUT2D eigenvalue weighted by molar-refractivity contribution is 5.70. The monoisotopic (exact) mass is 1020 g/mol. The molecule has 0 radical (unpaired) electrons. The van der Waals surface area contributed by atoms with Crippen LogP contribution in [0.15, 0.2) is 72.9 Å². The average molecular weight is 1020 g/mol. The first-order valence-corrected chi connectivity index (χ1v) is 27.5. The lowest BCUT2D eigenvalue weighted by atomic mass is 9.98. The Bertz CT molecular complexity index is 1530. The maximum atomic E-state index is 13.0. The van der Waals surface area contributed by atoms with Gasteiger partial charge in [-0.1, -0.05) is 157 Å². The summed E-state index contributed by atoms with van der Waals surface area (Å²) in [5, 5.41) is 72.2. The fourth-order valence-corrected chi connectivity index (χ4v) is 8.18. The molecule has 2 saturated heterocycles. The molecule has 2 heterocycles. The zero-order chi connectivity index (χ0) is 52.4. The first-order valence-electron chi connectivity index (χ1n) is 27.5. The number of carbonyl (C=O) groups is 2. The predicted molar refractivity (Wildman–Crippen MR) is 279 cm³/mol. The van der Waals surface area contributed by atoms with Gasteiger partial charge >= 0.3 is 11.9 Å². The Morgan fingerprint density at radius 2 is 0.875 bits per heavy atom. The van der Waals surface area contributed by atoms with Crippen LogP contribution >= 0.6 is 0 Å². The highest BCUT2D eigenvalue weighted by atomic mass is 16.7. The van der Waals surface area contributed by atoms with Crippen LogP contribution in [0.5, 0.6) is 0 Å². The van der Waals surface area contributed by atoms with Gasteiger partial charge in [0, 0.05) is 12.8 Å². The van der Waals surface area contributed by atoms with Crippen molar-refractivity contribution in [1.82, 2.24) is 0 Å². The number of aliphatic hydroxyl groups excluding tert-OH is 7. The molecule has 15 heteroatoms. The Hall–Kier alpha value is -3.06. The van der Waals surface area contributed by atoms with Gasteiger partial charge in [-0.15, -0.1) is 0 Å². The van der Waals surface area contributed by atoms with Gasteiger partial charge in [-0.05, 0) is 83.5 Å². The van der Waals surface area contributed by atoms with E-state index in [-0.39, 0.29) is 19.4 Å². The normalized spacial score (nSPS) is 25.6. The molecule has 7 N–H and O–H groups in total. The number of unbranched alkanes of at least 4 members (excludes halogenated alkanes) is 16. The van der Waals surface area contributed by atoms with Crippen molar-refractivity contribution in [3.05, 3.63) is 72.9 Å². The molecule has 2 aliphatic heterocycles. The topological polar surface area (TPSA) is 231 Å². The molecule has 0 aromatic heterocycles. The molecule has 0 aromatic rings. The van der Waals surface area contributed by atoms with Gasteiger partial charge in [-0.2, -0.15) is 0 Å². The van der Waals surface area contributed by atoms with Crippen molar-refractivity contribution in [2.75, 3.05) is 26.4 Å². The molecule has 0 aliphatic carbocycles. The summed E-state index contributed by atoms with van der Waals surface area (Å²) in [4.78, 5) is 25.8. The van der Waals surface area contributed by atoms with E-state index in [4.69, 9.17) is 28.4 Å². The van der Waals surface area contributed by atoms with E-state index in [0.29, 0.717) is 12.8 Å². The van der Waals surface area contributed by atoms with E-state index in [9.17, 15) is 45.3 Å². The molecule has 2 rings (SSSR count). The predicted octanol–water partition coefficient (Wildman–Crippen LogP) is 8.60. The molecule has 2 aliphatic rings. The smallest absolute Gasteiger partial charge is 0.306 e. The molecule has 0 bridgehead atoms. The van der Waals surface area contributed by atoms with E-state index in [0.717, 1.165) is 83.5 Å². The largest absolute Gasteiger partial charge is 0.462 e. The van der Waals surface area contributed by atoms with Crippen molar-refractivity contribution in [2.24, 2.45) is 0 Å². The Balaban J connectivity index is 1.80. The maximum absolute atomic E-state index is 13.0. The van der Waals surface area contributed by atoms with Gasteiger partial charge in [0.25, 0.3) is 0 Å². The molecule has 72 heavy (non-hydrogen) atoms. The number of esters is 2. The van der Waals surface area contributed by atoms with E-state index < -0.39 is 99.3 Å². The molecule has 11 atom stereocenters. The van der Waals surface area contributed by atoms with Gasteiger partial charge in [0.15, 0.2) is 18.7 Å². The summed E-state index contributed by atoms with van der Waals surface area (Å²) in [6, 6.07) is 0. The van der Waals surface area contributed by atoms with E-state index in [2.05, 4.69) is 86.8 Å². The fourth-order valence-electron chi connectivity index (χ4n) is 8.18. The molecule has 2 fully saturated rings. The number of carbonyl (C=O) groups excluding carboxylic acids is 2. The number of aliphatic hydroxyl groups is 7. The summed E-state index contributed by atoms with van der Waals surface area (Å²) in [6.45, 7) is 2.43. The molecule has 15 nitrogen and oxygen atoms in total. The highest BCUT2D eigenvalue weighted by Gasteiger charge is 2.47. The summed E-state index contributed by atoms with van der Waals surface area (Å²) >= 11 is 0. The van der Waals surface area contributed by atoms with E-state index in [1.807, 2.05) is 0 Å². The SMILES string of the molecule is CC/C=C/C/C=C/C/C=C/C/C=C/C/C=C/CCCCCC(=O)OC[C@@H](CO[C@@H]1O[C@H](CO[C@@H]2O[C@H](CO)[C@H](O)C(O)C2O)[C@H](O)C(O)C1O)OC(=O)CCCCCCCCC/C=C/CCCCCCCC. The summed E-state index contributed by atoms with van der Waals surface area (Å²) in [5.74, 6) is -0.971. The van der Waals surface area contributed by atoms with Crippen molar-refractivity contribution in [2.45, 2.75) is 248 Å². The van der Waals surface area contributed by atoms with Crippen molar-refractivity contribution in [3.63, 3.8) is 0 Å². The fraction of sp³-hybridized carbons (Fsp3) is 0.754. The number of hydrogen-bond donors (Lipinski definition) is 7. The van der Waals surface area contributed by atoms with Crippen LogP contribution in [-0.4, -0.2) is 142 Å². The van der Waals surface area contributed by atoms with Crippen LogP contribution in [0.1, 0.15) is 181 Å². The average Bonchev–Trinajstić information content (AvgIpc) is 3.37. The highest BCUT2D eigenvalue weighted by Crippen LogP contribution is 2.26. The number of ether oxygens (including phenoxy) is 6. The van der Waals surface area contributed by atoms with Crippen LogP contribution in [-0.2, 0) is 38.0 Å². The van der Waals surface area contributed by atoms with E-state index in [1.165, 1.54) is 57.8 Å². The van der Waals surface area contributed by atoms with Crippen LogP contribution in [0.4, 0.5) is 0 Å². The Morgan fingerprint density at radius 1 is 0.458 bits per heavy atom. The minimum Gasteiger partial charge on any atom is -0.462 e. The number of rotatable bonds is 42. The van der Waals surface area contributed by atoms with Crippen molar-refractivity contribution >= 4 is 11.9 Å². The molecule has 414 valence electrons. The Labute approximate surface area is 432 Å². The van der Waals surface area contributed by atoms with Crippen molar-refractivity contribution < 1.29 is 73.8 Å². The number of allylic oxidation sites excluding steroid dienone is 12. The third-order valence-electron chi connectivity index (χ3n) is 12.7. The lowest BCUT2D eigenvalue weighted by molar-refractivity contribution is -0.332. The second kappa shape index (κ2) is 43.2. The zero-order valence-corrected chi connectivity index (χ0v) is 43.9. The van der Waals surface area contributed by atoms with Crippen LogP contribution in [0.25, 0.3) is 0 Å². The van der Waals surface area contributed by atoms with Crippen LogP contribution in [0.3, 0.4) is 0 Å². The summed E-state index contributed by atoms with van der Waals surface area (Å²) in [6.07, 6.45) is 34.9. The van der Waals surface area contributed by atoms with Crippen LogP contribution in [0.2, 0.25) is 0 Å². The summed E-state index contributed by atoms with van der Waals surface area (Å²) < 4.78 is 33.6. The lowest BCUT2D eigenvalue weighted by Crippen LogP contribution is -2.61. The molecule has 0 amide bonds. The van der Waals surface area contributed by atoms with E-state index >= 15 is 0 Å². The van der Waals surface area contributed by atoms with Gasteiger partial charge < -0.3 is 64.2 Å². The third-order valence-corrected chi connectivity index (χ3v) is 12.7. The van der Waals surface area contributed by atoms with Gasteiger partial charge in [0.1, 0.15) is 55.4 Å². The summed E-state index contributed by atoms with van der Waals surface area (Å²) in [7, 11) is 0. The van der Waals surface area contributed by atoms with Gasteiger partial charge in [-0.3, -0.25) is 9.59 Å². The molecule has 4 unspecified atom stereocenters. The minimum atomic E-state index is -1.77. The van der Waals surface area contributed by atoms with Crippen LogP contribution < -0.4 is 0 Å². The molecular weight excluding hydrogens is 925 g/mol. The lowest BCUT2D eigenvalue weighted by Gasteiger charge is -2.42.